The number of aromatic hydroxyl groups is 1. The number of hydrogen-bond donors (Lipinski definition) is 2. The molecule has 39 heavy (non-hydrogen) atoms. The smallest absolute Gasteiger partial charge is 0.243 e. The summed E-state index contributed by atoms with van der Waals surface area (Å²) in [6, 6.07) is 9.67. The molecule has 0 bridgehead atoms. The minimum atomic E-state index is -4.26. The Morgan fingerprint density at radius 1 is 1.21 bits per heavy atom. The summed E-state index contributed by atoms with van der Waals surface area (Å²) in [6.07, 6.45) is 0.306. The summed E-state index contributed by atoms with van der Waals surface area (Å²) >= 11 is 0. The Bertz CT molecular complexity index is 1710. The van der Waals surface area contributed by atoms with Crippen molar-refractivity contribution in [3.63, 3.8) is 0 Å². The van der Waals surface area contributed by atoms with Crippen molar-refractivity contribution in [2.45, 2.75) is 6.10 Å². The van der Waals surface area contributed by atoms with Gasteiger partial charge >= 0.3 is 0 Å². The molecule has 2 heterocycles. The lowest BCUT2D eigenvalue weighted by Gasteiger charge is -2.19. The first-order valence-corrected chi connectivity index (χ1v) is 12.8. The van der Waals surface area contributed by atoms with Crippen LogP contribution < -0.4 is 9.46 Å². The number of nitrogens with one attached hydrogen (secondary N) is 1. The first-order valence-electron chi connectivity index (χ1n) is 11.1. The van der Waals surface area contributed by atoms with Crippen molar-refractivity contribution < 1.29 is 32.1 Å². The number of hydrogen-bond acceptors (Lipinski definition) is 10. The van der Waals surface area contributed by atoms with E-state index in [0.29, 0.717) is 0 Å². The molecule has 4 rings (SSSR count). The molecule has 0 amide bonds. The first-order chi connectivity index (χ1) is 18.7. The second kappa shape index (κ2) is 11.2. The number of phenols is 1. The summed E-state index contributed by atoms with van der Waals surface area (Å²) in [5, 5.41) is 28.2. The summed E-state index contributed by atoms with van der Waals surface area (Å²) in [5.41, 5.74) is 5.70. The number of anilines is 1. The Morgan fingerprint density at radius 3 is 2.69 bits per heavy atom. The Kier molecular flexibility index (Phi) is 7.80. The number of nitriles is 1. The maximum absolute atomic E-state index is 13.6. The number of halogens is 1. The first kappa shape index (κ1) is 27.1. The fourth-order valence-corrected chi connectivity index (χ4v) is 4.94. The molecule has 2 aromatic carbocycles. The predicted molar refractivity (Wildman–Crippen MR) is 137 cm³/mol. The van der Waals surface area contributed by atoms with E-state index in [0.717, 1.165) is 12.1 Å². The molecular weight excluding hydrogens is 531 g/mol. The summed E-state index contributed by atoms with van der Waals surface area (Å²) in [6.45, 7) is 0. The number of phenolic OH excluding ortho intramolecular Hbond substituents is 1. The molecule has 0 radical (unpaired) electrons. The second-order valence-corrected chi connectivity index (χ2v) is 9.65. The van der Waals surface area contributed by atoms with Crippen molar-refractivity contribution in [1.29, 1.82) is 5.26 Å². The summed E-state index contributed by atoms with van der Waals surface area (Å²) in [7, 11) is -0.224. The quantitative estimate of drug-likeness (QED) is 0.380. The summed E-state index contributed by atoms with van der Waals surface area (Å²) < 4.78 is 59.6. The largest absolute Gasteiger partial charge is 0.506 e. The summed E-state index contributed by atoms with van der Waals surface area (Å²) in [5.74, 6) is -1.58. The lowest BCUT2D eigenvalue weighted by molar-refractivity contribution is 0.121. The molecule has 12 nitrogen and oxygen atoms in total. The standard InChI is InChI=1S/C25H21FN6O6S/c1-36-20-8-5-7-19(33)23(20)32-24(18-6-4-9-22(28-18)38-3)29-30-25(32)31-39(34,35)14-21(37-2)17-11-10-16(26)12-15(17)13-27/h5,7-12,21,33H,14H2,1-3H3,(H,30,31)/t21-/m0/s1. The monoisotopic (exact) mass is 552 g/mol. The molecule has 0 saturated heterocycles. The van der Waals surface area contributed by atoms with Crippen LogP contribution in [0.4, 0.5) is 10.3 Å². The number of methoxy groups -OCH3 is 3. The van der Waals surface area contributed by atoms with Crippen LogP contribution in [0.5, 0.6) is 11.5 Å². The van der Waals surface area contributed by atoms with Gasteiger partial charge in [0, 0.05) is 7.11 Å². The van der Waals surface area contributed by atoms with E-state index in [-0.39, 0.29) is 51.7 Å². The van der Waals surface area contributed by atoms with E-state index in [1.807, 2.05) is 6.07 Å². The van der Waals surface area contributed by atoms with Crippen LogP contribution >= 0.6 is 0 Å². The van der Waals surface area contributed by atoms with Gasteiger partial charge in [-0.25, -0.2) is 17.8 Å². The Hall–Kier alpha value is -4.92. The molecule has 14 heteroatoms. The van der Waals surface area contributed by atoms with Crippen molar-refractivity contribution in [2.75, 3.05) is 31.8 Å². The van der Waals surface area contributed by atoms with E-state index < -0.39 is 27.7 Å². The Morgan fingerprint density at radius 2 is 2.00 bits per heavy atom. The van der Waals surface area contributed by atoms with E-state index in [9.17, 15) is 23.2 Å². The molecule has 1 aliphatic heterocycles. The second-order valence-electron chi connectivity index (χ2n) is 7.88. The number of benzene rings is 2. The van der Waals surface area contributed by atoms with E-state index >= 15 is 0 Å². The highest BCUT2D eigenvalue weighted by atomic mass is 32.2. The highest BCUT2D eigenvalue weighted by Gasteiger charge is 2.29. The number of sulfonamides is 1. The van der Waals surface area contributed by atoms with Crippen LogP contribution in [0.3, 0.4) is 0 Å². The molecule has 0 aliphatic carbocycles. The minimum absolute atomic E-state index is 0.0174. The Balaban J connectivity index is 1.80. The van der Waals surface area contributed by atoms with Gasteiger partial charge in [0.05, 0.1) is 43.8 Å². The third kappa shape index (κ3) is 5.67. The summed E-state index contributed by atoms with van der Waals surface area (Å²) in [4.78, 5) is 4.26. The molecule has 0 unspecified atom stereocenters. The van der Waals surface area contributed by atoms with E-state index in [4.69, 9.17) is 14.2 Å². The van der Waals surface area contributed by atoms with Crippen molar-refractivity contribution in [1.82, 2.24) is 14.8 Å². The van der Waals surface area contributed by atoms with Gasteiger partial charge in [-0.1, -0.05) is 17.9 Å². The molecule has 1 aliphatic rings. The fourth-order valence-electron chi connectivity index (χ4n) is 3.73. The van der Waals surface area contributed by atoms with Crippen molar-refractivity contribution in [2.24, 2.45) is 4.99 Å². The van der Waals surface area contributed by atoms with Gasteiger partial charge in [-0.05, 0) is 35.6 Å². The number of rotatable bonds is 9. The normalized spacial score (nSPS) is 13.3. The van der Waals surface area contributed by atoms with Gasteiger partial charge in [0.15, 0.2) is 11.5 Å². The molecule has 200 valence electrons. The van der Waals surface area contributed by atoms with Crippen LogP contribution in [0.2, 0.25) is 0 Å². The molecule has 1 atom stereocenters. The predicted octanol–water partition coefficient (Wildman–Crippen LogP) is 2.83. The number of para-hydroxylation sites is 1. The molecule has 0 spiro atoms. The van der Waals surface area contributed by atoms with Crippen molar-refractivity contribution >= 4 is 27.6 Å². The van der Waals surface area contributed by atoms with Crippen molar-refractivity contribution in [3.8, 4) is 23.3 Å². The van der Waals surface area contributed by atoms with Crippen LogP contribution in [0.25, 0.3) is 11.4 Å². The SMILES string of the molecule is COC1=NC(c2nnc(NS(=O)(=O)C[C@H](OC)c3ccc(F)cc3C#N)n2-c2c(O)cccc2OC)=C=C=C1. The number of aliphatic imine (C=N–C) groups is 1. The van der Waals surface area contributed by atoms with Crippen LogP contribution in [-0.2, 0) is 19.5 Å². The third-order valence-electron chi connectivity index (χ3n) is 5.50. The van der Waals surface area contributed by atoms with Gasteiger partial charge < -0.3 is 19.3 Å². The van der Waals surface area contributed by atoms with E-state index in [1.54, 1.807) is 6.07 Å². The topological polar surface area (TPSA) is 161 Å². The van der Waals surface area contributed by atoms with Gasteiger partial charge in [-0.2, -0.15) is 5.26 Å². The molecule has 0 saturated carbocycles. The minimum Gasteiger partial charge on any atom is -0.506 e. The molecular formula is C25H21FN6O6S. The zero-order valence-corrected chi connectivity index (χ0v) is 21.7. The molecule has 2 N–H and O–H groups in total. The van der Waals surface area contributed by atoms with Gasteiger partial charge in [0.1, 0.15) is 23.0 Å². The maximum atomic E-state index is 13.6. The average Bonchev–Trinajstić information content (AvgIpc) is 3.33. The zero-order chi connectivity index (χ0) is 28.2. The zero-order valence-electron chi connectivity index (χ0n) is 20.8. The van der Waals surface area contributed by atoms with E-state index in [2.05, 4.69) is 31.4 Å². The lowest BCUT2D eigenvalue weighted by atomic mass is 10.0. The Labute approximate surface area is 222 Å². The van der Waals surface area contributed by atoms with Crippen molar-refractivity contribution in [3.05, 3.63) is 76.7 Å². The highest BCUT2D eigenvalue weighted by Crippen LogP contribution is 2.36. The number of ether oxygens (including phenoxy) is 3. The number of aromatic nitrogens is 3. The van der Waals surface area contributed by atoms with Crippen LogP contribution in [0, 0.1) is 17.1 Å². The average molecular weight is 553 g/mol. The molecule has 3 aromatic rings. The van der Waals surface area contributed by atoms with Crippen LogP contribution in [0.15, 0.2) is 58.9 Å². The van der Waals surface area contributed by atoms with Gasteiger partial charge in [0.25, 0.3) is 0 Å². The maximum Gasteiger partial charge on any atom is 0.243 e. The third-order valence-corrected chi connectivity index (χ3v) is 6.73. The molecule has 1 aromatic heterocycles. The fraction of sp³-hybridized carbons (Fsp3) is 0.200. The van der Waals surface area contributed by atoms with E-state index in [1.165, 1.54) is 50.2 Å². The molecule has 0 fully saturated rings. The van der Waals surface area contributed by atoms with Crippen LogP contribution in [0.1, 0.15) is 23.1 Å². The number of nitrogens with zero attached hydrogens (tertiary/aromatic N) is 5. The van der Waals surface area contributed by atoms with Crippen LogP contribution in [-0.4, -0.2) is 61.3 Å². The van der Waals surface area contributed by atoms with Gasteiger partial charge in [-0.3, -0.25) is 9.29 Å². The van der Waals surface area contributed by atoms with Gasteiger partial charge in [0.2, 0.25) is 21.9 Å². The lowest BCUT2D eigenvalue weighted by Crippen LogP contribution is -2.25. The van der Waals surface area contributed by atoms with Gasteiger partial charge in [-0.15, -0.1) is 10.2 Å². The highest BCUT2D eigenvalue weighted by molar-refractivity contribution is 7.92.